The van der Waals surface area contributed by atoms with Gasteiger partial charge in [0.1, 0.15) is 5.82 Å². The molecule has 116 valence electrons. The molecule has 2 rings (SSSR count). The van der Waals surface area contributed by atoms with Crippen LogP contribution in [0.1, 0.15) is 29.8 Å². The first-order chi connectivity index (χ1) is 10.3. The van der Waals surface area contributed by atoms with Gasteiger partial charge in [0.05, 0.1) is 16.3 Å². The molecular formula is C17H18ClFN2O. The fraction of sp³-hybridized carbons (Fsp3) is 0.235. The van der Waals surface area contributed by atoms with Crippen LogP contribution in [0.5, 0.6) is 0 Å². The first kappa shape index (κ1) is 16.3. The first-order valence-corrected chi connectivity index (χ1v) is 7.28. The third kappa shape index (κ3) is 3.39. The Kier molecular flexibility index (Phi) is 4.71. The summed E-state index contributed by atoms with van der Waals surface area (Å²) in [7, 11) is 0. The lowest BCUT2D eigenvalue weighted by Crippen LogP contribution is -2.37. The lowest BCUT2D eigenvalue weighted by Gasteiger charge is -2.26. The number of nitrogen functional groups attached to an aromatic ring is 1. The summed E-state index contributed by atoms with van der Waals surface area (Å²) >= 11 is 5.91. The number of carbonyl (C=O) groups is 1. The van der Waals surface area contributed by atoms with Crippen molar-refractivity contribution in [1.82, 2.24) is 5.32 Å². The highest BCUT2D eigenvalue weighted by Crippen LogP contribution is 2.26. The van der Waals surface area contributed by atoms with E-state index in [4.69, 9.17) is 17.3 Å². The van der Waals surface area contributed by atoms with Gasteiger partial charge in [-0.1, -0.05) is 49.7 Å². The molecule has 2 aromatic rings. The molecule has 0 fully saturated rings. The van der Waals surface area contributed by atoms with Crippen molar-refractivity contribution < 1.29 is 9.18 Å². The third-order valence-electron chi connectivity index (χ3n) is 3.59. The molecule has 22 heavy (non-hydrogen) atoms. The Morgan fingerprint density at radius 1 is 1.23 bits per heavy atom. The second kappa shape index (κ2) is 6.36. The molecule has 1 amide bonds. The van der Waals surface area contributed by atoms with Crippen LogP contribution in [0.25, 0.3) is 0 Å². The lowest BCUT2D eigenvalue weighted by molar-refractivity contribution is 0.0946. The zero-order chi connectivity index (χ0) is 16.3. The van der Waals surface area contributed by atoms with Crippen molar-refractivity contribution in [1.29, 1.82) is 0 Å². The summed E-state index contributed by atoms with van der Waals surface area (Å²) in [6, 6.07) is 11.4. The molecule has 3 nitrogen and oxygen atoms in total. The SMILES string of the molecule is CC(C)(CNC(=O)c1cccc(Cl)c1N)c1ccccc1F. The zero-order valence-corrected chi connectivity index (χ0v) is 13.2. The number of benzene rings is 2. The number of rotatable bonds is 4. The molecule has 0 heterocycles. The molecular weight excluding hydrogens is 303 g/mol. The maximum absolute atomic E-state index is 13.9. The van der Waals surface area contributed by atoms with Crippen LogP contribution in [0.2, 0.25) is 5.02 Å². The molecule has 0 spiro atoms. The number of para-hydroxylation sites is 1. The van der Waals surface area contributed by atoms with Crippen LogP contribution in [0.15, 0.2) is 42.5 Å². The molecule has 0 aliphatic carbocycles. The Labute approximate surface area is 134 Å². The van der Waals surface area contributed by atoms with Gasteiger partial charge < -0.3 is 11.1 Å². The average Bonchev–Trinajstić information content (AvgIpc) is 2.48. The van der Waals surface area contributed by atoms with Gasteiger partial charge in [0.25, 0.3) is 5.91 Å². The predicted molar refractivity (Wildman–Crippen MR) is 87.6 cm³/mol. The average molecular weight is 321 g/mol. The van der Waals surface area contributed by atoms with Gasteiger partial charge in [-0.05, 0) is 23.8 Å². The van der Waals surface area contributed by atoms with E-state index in [0.717, 1.165) is 0 Å². The summed E-state index contributed by atoms with van der Waals surface area (Å²) in [5.41, 5.74) is 6.37. The van der Waals surface area contributed by atoms with Crippen molar-refractivity contribution in [3.63, 3.8) is 0 Å². The summed E-state index contributed by atoms with van der Waals surface area (Å²) in [6.45, 7) is 4.01. The third-order valence-corrected chi connectivity index (χ3v) is 3.92. The second-order valence-electron chi connectivity index (χ2n) is 5.75. The molecule has 0 aliphatic rings. The normalized spacial score (nSPS) is 11.3. The van der Waals surface area contributed by atoms with Crippen LogP contribution in [0.4, 0.5) is 10.1 Å². The van der Waals surface area contributed by atoms with E-state index in [0.29, 0.717) is 16.1 Å². The topological polar surface area (TPSA) is 55.1 Å². The summed E-state index contributed by atoms with van der Waals surface area (Å²) in [5, 5.41) is 3.12. The monoisotopic (exact) mass is 320 g/mol. The summed E-state index contributed by atoms with van der Waals surface area (Å²) in [6.07, 6.45) is 0. The fourth-order valence-corrected chi connectivity index (χ4v) is 2.41. The van der Waals surface area contributed by atoms with Gasteiger partial charge in [-0.15, -0.1) is 0 Å². The maximum Gasteiger partial charge on any atom is 0.253 e. The quantitative estimate of drug-likeness (QED) is 0.843. The van der Waals surface area contributed by atoms with Crippen molar-refractivity contribution in [2.45, 2.75) is 19.3 Å². The minimum absolute atomic E-state index is 0.241. The molecule has 2 aromatic carbocycles. The smallest absolute Gasteiger partial charge is 0.253 e. The van der Waals surface area contributed by atoms with Crippen LogP contribution >= 0.6 is 11.6 Å². The van der Waals surface area contributed by atoms with Crippen LogP contribution in [-0.4, -0.2) is 12.5 Å². The zero-order valence-electron chi connectivity index (χ0n) is 12.5. The van der Waals surface area contributed by atoms with Crippen molar-refractivity contribution in [2.24, 2.45) is 0 Å². The molecule has 0 unspecified atom stereocenters. The summed E-state index contributed by atoms with van der Waals surface area (Å²) in [4.78, 5) is 12.2. The van der Waals surface area contributed by atoms with Crippen molar-refractivity contribution in [3.05, 3.63) is 64.4 Å². The molecule has 3 N–H and O–H groups in total. The Balaban J connectivity index is 2.14. The molecule has 0 aliphatic heterocycles. The molecule has 0 atom stereocenters. The van der Waals surface area contributed by atoms with E-state index in [1.54, 1.807) is 36.4 Å². The number of hydrogen-bond donors (Lipinski definition) is 2. The molecule has 0 bridgehead atoms. The van der Waals surface area contributed by atoms with Crippen LogP contribution in [0, 0.1) is 5.82 Å². The van der Waals surface area contributed by atoms with Gasteiger partial charge in [0.2, 0.25) is 0 Å². The number of carbonyl (C=O) groups excluding carboxylic acids is 1. The van der Waals surface area contributed by atoms with E-state index < -0.39 is 5.41 Å². The first-order valence-electron chi connectivity index (χ1n) is 6.90. The number of nitrogens with two attached hydrogens (primary N) is 1. The maximum atomic E-state index is 13.9. The van der Waals surface area contributed by atoms with Gasteiger partial charge >= 0.3 is 0 Å². The highest BCUT2D eigenvalue weighted by molar-refractivity contribution is 6.33. The fourth-order valence-electron chi connectivity index (χ4n) is 2.24. The predicted octanol–water partition coefficient (Wildman–Crippen LogP) is 3.77. The van der Waals surface area contributed by atoms with Gasteiger partial charge in [-0.2, -0.15) is 0 Å². The summed E-state index contributed by atoms with van der Waals surface area (Å²) < 4.78 is 13.9. The van der Waals surface area contributed by atoms with E-state index in [2.05, 4.69) is 5.32 Å². The van der Waals surface area contributed by atoms with Gasteiger partial charge in [0, 0.05) is 12.0 Å². The summed E-state index contributed by atoms with van der Waals surface area (Å²) in [5.74, 6) is -0.617. The number of anilines is 1. The van der Waals surface area contributed by atoms with Gasteiger partial charge in [0.15, 0.2) is 0 Å². The van der Waals surface area contributed by atoms with Crippen molar-refractivity contribution in [3.8, 4) is 0 Å². The molecule has 0 radical (unpaired) electrons. The number of halogens is 2. The Morgan fingerprint density at radius 2 is 1.91 bits per heavy atom. The molecule has 5 heteroatoms. The lowest BCUT2D eigenvalue weighted by atomic mass is 9.84. The van der Waals surface area contributed by atoms with E-state index in [1.807, 2.05) is 13.8 Å². The Hall–Kier alpha value is -2.07. The second-order valence-corrected chi connectivity index (χ2v) is 6.15. The van der Waals surface area contributed by atoms with Crippen molar-refractivity contribution >= 4 is 23.2 Å². The highest BCUT2D eigenvalue weighted by atomic mass is 35.5. The molecule has 0 saturated carbocycles. The number of amides is 1. The Morgan fingerprint density at radius 3 is 2.59 bits per heavy atom. The molecule has 0 saturated heterocycles. The highest BCUT2D eigenvalue weighted by Gasteiger charge is 2.25. The minimum atomic E-state index is -0.547. The number of hydrogen-bond acceptors (Lipinski definition) is 2. The number of nitrogens with one attached hydrogen (secondary N) is 1. The van der Waals surface area contributed by atoms with Crippen molar-refractivity contribution in [2.75, 3.05) is 12.3 Å². The van der Waals surface area contributed by atoms with E-state index >= 15 is 0 Å². The van der Waals surface area contributed by atoms with Crippen LogP contribution in [-0.2, 0) is 5.41 Å². The van der Waals surface area contributed by atoms with Crippen LogP contribution < -0.4 is 11.1 Å². The standard InChI is InChI=1S/C17H18ClFN2O/c1-17(2,12-7-3-4-9-14(12)19)10-21-16(22)11-6-5-8-13(18)15(11)20/h3-9H,10,20H2,1-2H3,(H,21,22). The van der Waals surface area contributed by atoms with Crippen LogP contribution in [0.3, 0.4) is 0 Å². The van der Waals surface area contributed by atoms with E-state index in [9.17, 15) is 9.18 Å². The Bertz CT molecular complexity index is 701. The minimum Gasteiger partial charge on any atom is -0.397 e. The van der Waals surface area contributed by atoms with E-state index in [1.165, 1.54) is 6.07 Å². The largest absolute Gasteiger partial charge is 0.397 e. The molecule has 0 aromatic heterocycles. The van der Waals surface area contributed by atoms with E-state index in [-0.39, 0.29) is 24.0 Å². The van der Waals surface area contributed by atoms with Gasteiger partial charge in [-0.3, -0.25) is 4.79 Å². The van der Waals surface area contributed by atoms with Gasteiger partial charge in [-0.25, -0.2) is 4.39 Å².